The van der Waals surface area contributed by atoms with Gasteiger partial charge in [-0.05, 0) is 37.3 Å². The standard InChI is InChI=1S/C18H27N.ClH/c1-3-8-15(9-4-1)10-7-13-19-18-14-17(18)16-11-5-2-6-12-16;/h2,5-6,11-12,15,17-19H,1,3-4,7-10,13-14H2;1H. The van der Waals surface area contributed by atoms with E-state index in [2.05, 4.69) is 35.6 Å². The molecular formula is C18H28ClN. The van der Waals surface area contributed by atoms with Crippen molar-refractivity contribution in [3.8, 4) is 0 Å². The van der Waals surface area contributed by atoms with Crippen molar-refractivity contribution in [1.82, 2.24) is 5.32 Å². The molecule has 0 amide bonds. The maximum atomic E-state index is 3.74. The topological polar surface area (TPSA) is 12.0 Å². The van der Waals surface area contributed by atoms with Gasteiger partial charge in [0.05, 0.1) is 0 Å². The molecule has 2 saturated carbocycles. The number of rotatable bonds is 6. The fraction of sp³-hybridized carbons (Fsp3) is 0.667. The van der Waals surface area contributed by atoms with Crippen LogP contribution in [0.1, 0.15) is 62.8 Å². The fourth-order valence-corrected chi connectivity index (χ4v) is 3.64. The minimum Gasteiger partial charge on any atom is -0.313 e. The summed E-state index contributed by atoms with van der Waals surface area (Å²) in [6, 6.07) is 11.7. The maximum Gasteiger partial charge on any atom is 0.0143 e. The van der Waals surface area contributed by atoms with Crippen molar-refractivity contribution < 1.29 is 0 Å². The predicted molar refractivity (Wildman–Crippen MR) is 88.6 cm³/mol. The van der Waals surface area contributed by atoms with Crippen LogP contribution in [0.4, 0.5) is 0 Å². The molecule has 112 valence electrons. The summed E-state index contributed by atoms with van der Waals surface area (Å²) in [5.41, 5.74) is 1.52. The van der Waals surface area contributed by atoms with E-state index in [0.717, 1.165) is 17.9 Å². The van der Waals surface area contributed by atoms with Crippen molar-refractivity contribution in [2.75, 3.05) is 6.54 Å². The molecule has 0 aromatic heterocycles. The van der Waals surface area contributed by atoms with E-state index in [0.29, 0.717) is 0 Å². The van der Waals surface area contributed by atoms with Gasteiger partial charge in [0.2, 0.25) is 0 Å². The highest BCUT2D eigenvalue weighted by atomic mass is 35.5. The van der Waals surface area contributed by atoms with Gasteiger partial charge in [-0.25, -0.2) is 0 Å². The van der Waals surface area contributed by atoms with Crippen LogP contribution < -0.4 is 5.32 Å². The summed E-state index contributed by atoms with van der Waals surface area (Å²) >= 11 is 0. The van der Waals surface area contributed by atoms with Crippen LogP contribution in [0.2, 0.25) is 0 Å². The first-order chi connectivity index (χ1) is 9.43. The van der Waals surface area contributed by atoms with Crippen LogP contribution in [0.5, 0.6) is 0 Å². The van der Waals surface area contributed by atoms with Crippen LogP contribution in [0.3, 0.4) is 0 Å². The highest BCUT2D eigenvalue weighted by Gasteiger charge is 2.37. The van der Waals surface area contributed by atoms with Crippen molar-refractivity contribution in [3.05, 3.63) is 35.9 Å². The second-order valence-corrected chi connectivity index (χ2v) is 6.46. The van der Waals surface area contributed by atoms with Crippen LogP contribution >= 0.6 is 12.4 Å². The molecule has 1 N–H and O–H groups in total. The molecule has 3 rings (SSSR count). The van der Waals surface area contributed by atoms with Gasteiger partial charge in [-0.15, -0.1) is 12.4 Å². The average molecular weight is 294 g/mol. The van der Waals surface area contributed by atoms with Gasteiger partial charge < -0.3 is 5.32 Å². The smallest absolute Gasteiger partial charge is 0.0143 e. The summed E-state index contributed by atoms with van der Waals surface area (Å²) in [4.78, 5) is 0. The Bertz CT molecular complexity index is 372. The Kier molecular flexibility index (Phi) is 6.38. The lowest BCUT2D eigenvalue weighted by molar-refractivity contribution is 0.330. The lowest BCUT2D eigenvalue weighted by Gasteiger charge is -2.21. The van der Waals surface area contributed by atoms with Gasteiger partial charge in [-0.2, -0.15) is 0 Å². The van der Waals surface area contributed by atoms with Gasteiger partial charge in [0.1, 0.15) is 0 Å². The Labute approximate surface area is 130 Å². The summed E-state index contributed by atoms with van der Waals surface area (Å²) in [5, 5.41) is 3.74. The van der Waals surface area contributed by atoms with Crippen molar-refractivity contribution >= 4 is 12.4 Å². The number of hydrogen-bond donors (Lipinski definition) is 1. The summed E-state index contributed by atoms with van der Waals surface area (Å²) in [5.74, 6) is 1.83. The van der Waals surface area contributed by atoms with E-state index in [1.54, 1.807) is 0 Å². The highest BCUT2D eigenvalue weighted by molar-refractivity contribution is 5.85. The Morgan fingerprint density at radius 2 is 1.75 bits per heavy atom. The van der Waals surface area contributed by atoms with Crippen molar-refractivity contribution in [3.63, 3.8) is 0 Å². The van der Waals surface area contributed by atoms with Crippen LogP contribution in [-0.4, -0.2) is 12.6 Å². The van der Waals surface area contributed by atoms with Gasteiger partial charge in [0.25, 0.3) is 0 Å². The molecule has 2 atom stereocenters. The zero-order valence-electron chi connectivity index (χ0n) is 12.4. The SMILES string of the molecule is Cl.c1ccc(C2CC2NCCCC2CCCCC2)cc1. The van der Waals surface area contributed by atoms with E-state index in [4.69, 9.17) is 0 Å². The Hall–Kier alpha value is -0.530. The monoisotopic (exact) mass is 293 g/mol. The summed E-state index contributed by atoms with van der Waals surface area (Å²) < 4.78 is 0. The number of nitrogens with one attached hydrogen (secondary N) is 1. The van der Waals surface area contributed by atoms with E-state index >= 15 is 0 Å². The second kappa shape index (κ2) is 8.05. The molecule has 2 heteroatoms. The van der Waals surface area contributed by atoms with Crippen molar-refractivity contribution in [2.45, 2.75) is 63.3 Å². The number of benzene rings is 1. The van der Waals surface area contributed by atoms with Gasteiger partial charge in [-0.3, -0.25) is 0 Å². The average Bonchev–Trinajstić information content (AvgIpc) is 3.25. The molecule has 2 unspecified atom stereocenters. The largest absolute Gasteiger partial charge is 0.313 e. The third kappa shape index (κ3) is 4.49. The van der Waals surface area contributed by atoms with E-state index in [1.165, 1.54) is 63.5 Å². The van der Waals surface area contributed by atoms with Crippen LogP contribution in [0.15, 0.2) is 30.3 Å². The van der Waals surface area contributed by atoms with Crippen molar-refractivity contribution in [2.24, 2.45) is 5.92 Å². The minimum atomic E-state index is 0. The van der Waals surface area contributed by atoms with Gasteiger partial charge in [0.15, 0.2) is 0 Å². The number of halogens is 1. The van der Waals surface area contributed by atoms with Crippen LogP contribution in [-0.2, 0) is 0 Å². The molecule has 1 nitrogen and oxygen atoms in total. The lowest BCUT2D eigenvalue weighted by atomic mass is 9.86. The third-order valence-corrected chi connectivity index (χ3v) is 4.94. The normalized spacial score (nSPS) is 26.0. The van der Waals surface area contributed by atoms with E-state index in [-0.39, 0.29) is 12.4 Å². The molecule has 2 aliphatic carbocycles. The summed E-state index contributed by atoms with van der Waals surface area (Å²) in [7, 11) is 0. The fourth-order valence-electron chi connectivity index (χ4n) is 3.64. The molecule has 0 bridgehead atoms. The van der Waals surface area contributed by atoms with Crippen molar-refractivity contribution in [1.29, 1.82) is 0 Å². The number of hydrogen-bond acceptors (Lipinski definition) is 1. The van der Waals surface area contributed by atoms with E-state index < -0.39 is 0 Å². The highest BCUT2D eigenvalue weighted by Crippen LogP contribution is 2.40. The molecule has 0 spiro atoms. The molecule has 0 heterocycles. The Morgan fingerprint density at radius 1 is 1.00 bits per heavy atom. The van der Waals surface area contributed by atoms with Crippen LogP contribution in [0.25, 0.3) is 0 Å². The quantitative estimate of drug-likeness (QED) is 0.735. The molecule has 0 radical (unpaired) electrons. The van der Waals surface area contributed by atoms with E-state index in [9.17, 15) is 0 Å². The summed E-state index contributed by atoms with van der Waals surface area (Å²) in [6.45, 7) is 1.23. The lowest BCUT2D eigenvalue weighted by Crippen LogP contribution is -2.20. The first-order valence-corrected chi connectivity index (χ1v) is 8.22. The maximum absolute atomic E-state index is 3.74. The molecular weight excluding hydrogens is 266 g/mol. The first-order valence-electron chi connectivity index (χ1n) is 8.22. The first kappa shape index (κ1) is 15.9. The Balaban J connectivity index is 0.00000147. The molecule has 0 aliphatic heterocycles. The molecule has 1 aromatic carbocycles. The molecule has 20 heavy (non-hydrogen) atoms. The summed E-state index contributed by atoms with van der Waals surface area (Å²) in [6.07, 6.45) is 11.6. The third-order valence-electron chi connectivity index (χ3n) is 4.94. The Morgan fingerprint density at radius 3 is 2.50 bits per heavy atom. The van der Waals surface area contributed by atoms with Gasteiger partial charge in [-0.1, -0.05) is 62.4 Å². The predicted octanol–water partition coefficient (Wildman–Crippen LogP) is 4.91. The molecule has 0 saturated heterocycles. The second-order valence-electron chi connectivity index (χ2n) is 6.46. The molecule has 2 fully saturated rings. The zero-order chi connectivity index (χ0) is 12.9. The zero-order valence-corrected chi connectivity index (χ0v) is 13.2. The molecule has 1 aromatic rings. The van der Waals surface area contributed by atoms with E-state index in [1.807, 2.05) is 0 Å². The van der Waals surface area contributed by atoms with Gasteiger partial charge >= 0.3 is 0 Å². The molecule has 2 aliphatic rings. The van der Waals surface area contributed by atoms with Gasteiger partial charge in [0, 0.05) is 12.0 Å². The van der Waals surface area contributed by atoms with Crippen LogP contribution in [0, 0.1) is 5.92 Å². The minimum absolute atomic E-state index is 0.